The Kier molecular flexibility index (Phi) is 4.88. The summed E-state index contributed by atoms with van der Waals surface area (Å²) in [5, 5.41) is 2.87. The van der Waals surface area contributed by atoms with Crippen molar-refractivity contribution in [3.63, 3.8) is 0 Å². The molecule has 7 heteroatoms. The zero-order valence-corrected chi connectivity index (χ0v) is 16.1. The van der Waals surface area contributed by atoms with Crippen LogP contribution in [-0.4, -0.2) is 35.0 Å². The number of H-pyrrole nitrogens is 1. The first-order valence-corrected chi connectivity index (χ1v) is 9.42. The van der Waals surface area contributed by atoms with Crippen molar-refractivity contribution in [2.24, 2.45) is 0 Å². The largest absolute Gasteiger partial charge is 0.462 e. The van der Waals surface area contributed by atoms with Gasteiger partial charge in [0.05, 0.1) is 23.4 Å². The summed E-state index contributed by atoms with van der Waals surface area (Å²) in [6.45, 7) is 4.49. The number of esters is 1. The van der Waals surface area contributed by atoms with Crippen molar-refractivity contribution in [2.75, 3.05) is 13.2 Å². The lowest BCUT2D eigenvalue weighted by Crippen LogP contribution is -2.33. The molecule has 29 heavy (non-hydrogen) atoms. The van der Waals surface area contributed by atoms with Crippen molar-refractivity contribution >= 4 is 11.9 Å². The summed E-state index contributed by atoms with van der Waals surface area (Å²) >= 11 is 0. The molecule has 1 aliphatic rings. The number of amides is 1. The quantitative estimate of drug-likeness (QED) is 0.659. The average Bonchev–Trinajstić information content (AvgIpc) is 3.18. The van der Waals surface area contributed by atoms with Crippen molar-refractivity contribution in [3.8, 4) is 22.5 Å². The Labute approximate surface area is 167 Å². The number of rotatable bonds is 4. The molecule has 0 saturated heterocycles. The fraction of sp³-hybridized carbons (Fsp3) is 0.227. The first kappa shape index (κ1) is 18.9. The summed E-state index contributed by atoms with van der Waals surface area (Å²) < 4.78 is 19.3. The summed E-state index contributed by atoms with van der Waals surface area (Å²) in [5.41, 5.74) is 4.17. The minimum atomic E-state index is -0.692. The van der Waals surface area contributed by atoms with E-state index in [1.54, 1.807) is 19.2 Å². The molecule has 2 N–H and O–H groups in total. The zero-order chi connectivity index (χ0) is 20.5. The Morgan fingerprint density at radius 2 is 2.07 bits per heavy atom. The molecular weight excluding hydrogens is 373 g/mol. The van der Waals surface area contributed by atoms with Crippen molar-refractivity contribution in [1.82, 2.24) is 15.3 Å². The molecule has 0 bridgehead atoms. The maximum Gasteiger partial charge on any atom is 0.341 e. The summed E-state index contributed by atoms with van der Waals surface area (Å²) in [5.74, 6) is -1.25. The van der Waals surface area contributed by atoms with Gasteiger partial charge in [-0.15, -0.1) is 0 Å². The van der Waals surface area contributed by atoms with Crippen LogP contribution in [0.15, 0.2) is 42.6 Å². The smallest absolute Gasteiger partial charge is 0.341 e. The molecule has 0 saturated carbocycles. The molecule has 0 spiro atoms. The highest BCUT2D eigenvalue weighted by Gasteiger charge is 2.25. The third-order valence-corrected chi connectivity index (χ3v) is 4.99. The van der Waals surface area contributed by atoms with Gasteiger partial charge in [0, 0.05) is 41.2 Å². The second-order valence-electron chi connectivity index (χ2n) is 6.97. The van der Waals surface area contributed by atoms with Gasteiger partial charge in [0.15, 0.2) is 0 Å². The van der Waals surface area contributed by atoms with E-state index in [1.807, 2.05) is 25.1 Å². The topological polar surface area (TPSA) is 84.1 Å². The number of halogens is 1. The first-order valence-electron chi connectivity index (χ1n) is 9.42. The molecule has 1 amide bonds. The van der Waals surface area contributed by atoms with E-state index in [2.05, 4.69) is 15.3 Å². The lowest BCUT2D eigenvalue weighted by Gasteiger charge is -2.18. The van der Waals surface area contributed by atoms with E-state index in [0.29, 0.717) is 23.4 Å². The summed E-state index contributed by atoms with van der Waals surface area (Å²) in [4.78, 5) is 31.6. The van der Waals surface area contributed by atoms with Gasteiger partial charge in [-0.25, -0.2) is 9.18 Å². The molecule has 0 aliphatic carbocycles. The van der Waals surface area contributed by atoms with Crippen molar-refractivity contribution in [1.29, 1.82) is 0 Å². The van der Waals surface area contributed by atoms with Crippen molar-refractivity contribution in [3.05, 3.63) is 65.2 Å². The number of hydrogen-bond acceptors (Lipinski definition) is 4. The van der Waals surface area contributed by atoms with Gasteiger partial charge in [-0.3, -0.25) is 9.78 Å². The molecule has 4 rings (SSSR count). The summed E-state index contributed by atoms with van der Waals surface area (Å²) in [6.07, 6.45) is 1.63. The number of benzene rings is 1. The lowest BCUT2D eigenvalue weighted by atomic mass is 9.99. The van der Waals surface area contributed by atoms with E-state index < -0.39 is 11.8 Å². The minimum Gasteiger partial charge on any atom is -0.462 e. The van der Waals surface area contributed by atoms with Gasteiger partial charge in [-0.1, -0.05) is 13.0 Å². The van der Waals surface area contributed by atoms with E-state index >= 15 is 0 Å². The lowest BCUT2D eigenvalue weighted by molar-refractivity contribution is 0.0521. The van der Waals surface area contributed by atoms with Crippen LogP contribution in [0.3, 0.4) is 0 Å². The van der Waals surface area contributed by atoms with Crippen LogP contribution in [0, 0.1) is 5.82 Å². The van der Waals surface area contributed by atoms with E-state index in [-0.39, 0.29) is 24.0 Å². The van der Waals surface area contributed by atoms with Crippen LogP contribution in [0.4, 0.5) is 4.39 Å². The van der Waals surface area contributed by atoms with Crippen molar-refractivity contribution in [2.45, 2.75) is 19.8 Å². The number of ether oxygens (including phenoxy) is 1. The monoisotopic (exact) mass is 393 g/mol. The van der Waals surface area contributed by atoms with Crippen molar-refractivity contribution < 1.29 is 18.7 Å². The first-order chi connectivity index (χ1) is 14.0. The molecule has 148 valence electrons. The number of fused-ring (bicyclic) bond motifs is 1. The molecule has 3 heterocycles. The molecule has 3 aromatic rings. The van der Waals surface area contributed by atoms with Crippen LogP contribution in [0.1, 0.15) is 46.2 Å². The average molecular weight is 393 g/mol. The van der Waals surface area contributed by atoms with Gasteiger partial charge in [-0.05, 0) is 37.3 Å². The molecule has 1 aliphatic heterocycles. The normalized spacial score (nSPS) is 15.6. The fourth-order valence-corrected chi connectivity index (χ4v) is 3.45. The predicted molar refractivity (Wildman–Crippen MR) is 106 cm³/mol. The molecule has 1 atom stereocenters. The second kappa shape index (κ2) is 7.50. The summed E-state index contributed by atoms with van der Waals surface area (Å²) in [6, 6.07) is 9.77. The summed E-state index contributed by atoms with van der Waals surface area (Å²) in [7, 11) is 0. The predicted octanol–water partition coefficient (Wildman–Crippen LogP) is 3.91. The van der Waals surface area contributed by atoms with Gasteiger partial charge < -0.3 is 15.0 Å². The van der Waals surface area contributed by atoms with E-state index in [9.17, 15) is 14.0 Å². The zero-order valence-electron chi connectivity index (χ0n) is 16.1. The number of nitrogens with zero attached hydrogens (tertiary/aromatic N) is 1. The fourth-order valence-electron chi connectivity index (χ4n) is 3.45. The van der Waals surface area contributed by atoms with Crippen LogP contribution >= 0.6 is 0 Å². The van der Waals surface area contributed by atoms with Gasteiger partial charge in [0.1, 0.15) is 5.82 Å². The highest BCUT2D eigenvalue weighted by Crippen LogP contribution is 2.30. The Morgan fingerprint density at radius 1 is 1.24 bits per heavy atom. The molecule has 1 unspecified atom stereocenters. The number of carbonyl (C=O) groups is 2. The second-order valence-corrected chi connectivity index (χ2v) is 6.97. The maximum absolute atomic E-state index is 14.4. The highest BCUT2D eigenvalue weighted by atomic mass is 19.1. The SMILES string of the molecule is CCOC(=O)c1ccc(-c2cc(-c3cc4c([nH]3)C(C)CNC4=O)ccn2)cc1F. The highest BCUT2D eigenvalue weighted by molar-refractivity contribution is 5.98. The molecule has 0 radical (unpaired) electrons. The van der Waals surface area contributed by atoms with Gasteiger partial charge in [-0.2, -0.15) is 0 Å². The Balaban J connectivity index is 1.68. The van der Waals surface area contributed by atoms with Crippen LogP contribution in [0.2, 0.25) is 0 Å². The Hall–Kier alpha value is -3.48. The Bertz CT molecular complexity index is 1110. The minimum absolute atomic E-state index is 0.0912. The third kappa shape index (κ3) is 3.51. The maximum atomic E-state index is 14.4. The number of hydrogen-bond donors (Lipinski definition) is 2. The van der Waals surface area contributed by atoms with Crippen LogP contribution in [-0.2, 0) is 4.74 Å². The van der Waals surface area contributed by atoms with Gasteiger partial charge in [0.25, 0.3) is 5.91 Å². The Morgan fingerprint density at radius 3 is 2.79 bits per heavy atom. The number of aromatic nitrogens is 2. The molecular formula is C22H20FN3O3. The standard InChI is InChI=1S/C22H20FN3O3/c1-3-29-22(28)15-5-4-13(8-17(15)23)18-9-14(6-7-24-18)19-10-16-20(26-19)12(2)11-25-21(16)27/h4-10,12,26H,3,11H2,1-2H3,(H,25,27). The van der Waals surface area contributed by atoms with E-state index in [4.69, 9.17) is 4.74 Å². The van der Waals surface area contributed by atoms with Crippen LogP contribution < -0.4 is 5.32 Å². The van der Waals surface area contributed by atoms with E-state index in [1.165, 1.54) is 12.1 Å². The van der Waals surface area contributed by atoms with E-state index in [0.717, 1.165) is 17.0 Å². The molecule has 2 aromatic heterocycles. The van der Waals surface area contributed by atoms with Gasteiger partial charge in [0.2, 0.25) is 0 Å². The van der Waals surface area contributed by atoms with Crippen LogP contribution in [0.25, 0.3) is 22.5 Å². The third-order valence-electron chi connectivity index (χ3n) is 4.99. The molecule has 6 nitrogen and oxygen atoms in total. The van der Waals surface area contributed by atoms with Gasteiger partial charge >= 0.3 is 5.97 Å². The number of carbonyl (C=O) groups excluding carboxylic acids is 2. The number of aromatic amines is 1. The molecule has 0 fully saturated rings. The van der Waals surface area contributed by atoms with Crippen LogP contribution in [0.5, 0.6) is 0 Å². The molecule has 1 aromatic carbocycles. The number of nitrogens with one attached hydrogen (secondary N) is 2. The number of pyridine rings is 1.